The number of Topliss-reactive ketones (excluding diaryl/α,β-unsaturated/α-hetero) is 1. The predicted octanol–water partition coefficient (Wildman–Crippen LogP) is 5.31. The van der Waals surface area contributed by atoms with Crippen LogP contribution >= 0.6 is 23.6 Å². The summed E-state index contributed by atoms with van der Waals surface area (Å²) in [5, 5.41) is 16.6. The second kappa shape index (κ2) is 13.1. The minimum Gasteiger partial charge on any atom is -0.508 e. The van der Waals surface area contributed by atoms with Crippen LogP contribution in [0.2, 0.25) is 0 Å². The number of ketones is 1. The molecule has 10 nitrogen and oxygen atoms in total. The van der Waals surface area contributed by atoms with Crippen molar-refractivity contribution in [1.82, 2.24) is 14.7 Å². The number of phenols is 1. The van der Waals surface area contributed by atoms with E-state index in [1.165, 1.54) is 12.1 Å². The number of hydrogen-bond acceptors (Lipinski definition) is 10. The van der Waals surface area contributed by atoms with Crippen molar-refractivity contribution in [2.75, 3.05) is 6.54 Å². The van der Waals surface area contributed by atoms with Crippen LogP contribution in [0.1, 0.15) is 47.8 Å². The third-order valence-corrected chi connectivity index (χ3v) is 7.83. The molecule has 4 rings (SSSR count). The molecule has 0 aliphatic rings. The van der Waals surface area contributed by atoms with Crippen LogP contribution in [0.3, 0.4) is 0 Å². The summed E-state index contributed by atoms with van der Waals surface area (Å²) in [4.78, 5) is 42.3. The Morgan fingerprint density at radius 2 is 1.70 bits per heavy atom. The number of quaternary nitrogens is 1. The Kier molecular flexibility index (Phi) is 9.68. The molecule has 0 fully saturated rings. The number of phenolic OH excluding ortho intramolecular Hbond substituents is 1. The lowest BCUT2D eigenvalue weighted by Gasteiger charge is -2.32. The first-order valence-electron chi connectivity index (χ1n) is 13.5. The van der Waals surface area contributed by atoms with Gasteiger partial charge in [-0.05, 0) is 74.0 Å². The highest BCUT2D eigenvalue weighted by Crippen LogP contribution is 2.42. The van der Waals surface area contributed by atoms with Crippen molar-refractivity contribution in [3.05, 3.63) is 99.0 Å². The molecule has 0 saturated heterocycles. The van der Waals surface area contributed by atoms with Gasteiger partial charge in [0.05, 0.1) is 6.04 Å². The van der Waals surface area contributed by atoms with Crippen LogP contribution < -0.4 is 16.0 Å². The van der Waals surface area contributed by atoms with Crippen molar-refractivity contribution in [3.63, 3.8) is 0 Å². The number of ether oxygens (including phenoxy) is 1. The number of nitrogens with one attached hydrogen (secondary N) is 1. The van der Waals surface area contributed by atoms with Crippen LogP contribution in [0, 0.1) is 3.95 Å². The molecule has 2 atom stereocenters. The van der Waals surface area contributed by atoms with Gasteiger partial charge < -0.3 is 21.3 Å². The number of benzene rings is 3. The van der Waals surface area contributed by atoms with E-state index in [2.05, 4.69) is 10.2 Å². The SMILES string of the molecule is CC(C)(C)OC(=O)[N+](C(=O)CN)(c1n[nH]c(=S)s1)c1cccc(C(=O)[C@@H](N)Cc2ccc(O)cc2)c1Cc1ccccc1. The quantitative estimate of drug-likeness (QED) is 0.110. The zero-order chi connectivity index (χ0) is 31.4. The first-order valence-corrected chi connectivity index (χ1v) is 14.8. The van der Waals surface area contributed by atoms with Crippen LogP contribution in [0.5, 0.6) is 5.75 Å². The maximum Gasteiger partial charge on any atom is 0.536 e. The van der Waals surface area contributed by atoms with Gasteiger partial charge in [-0.2, -0.15) is 4.79 Å². The van der Waals surface area contributed by atoms with Crippen molar-refractivity contribution in [1.29, 1.82) is 0 Å². The standard InChI is InChI=1S/C31H33N5O5S2/c1-31(2,3)41-30(40)36(26(38)18-32,28-34-35-29(42)43-28)25-11-7-10-22(23(25)16-19-8-5-4-6-9-19)27(39)24(33)17-20-12-14-21(37)15-13-20/h4-15,24H,16-18,32-33H2,1-3H3,(H-,35,37,42)/p+1/t24-,36?/m0/s1. The monoisotopic (exact) mass is 620 g/mol. The number of aromatic amines is 1. The Morgan fingerprint density at radius 1 is 1.02 bits per heavy atom. The maximum atomic E-state index is 14.2. The molecule has 43 heavy (non-hydrogen) atoms. The molecule has 1 unspecified atom stereocenters. The first-order chi connectivity index (χ1) is 20.4. The summed E-state index contributed by atoms with van der Waals surface area (Å²) in [7, 11) is 0. The third kappa shape index (κ3) is 6.95. The molecular weight excluding hydrogens is 587 g/mol. The largest absolute Gasteiger partial charge is 0.536 e. The Hall–Kier alpha value is -4.07. The molecule has 12 heteroatoms. The number of rotatable bonds is 9. The van der Waals surface area contributed by atoms with Crippen LogP contribution in [0.25, 0.3) is 0 Å². The summed E-state index contributed by atoms with van der Waals surface area (Å²) in [6.45, 7) is 4.53. The molecule has 0 aliphatic heterocycles. The van der Waals surface area contributed by atoms with E-state index in [1.54, 1.807) is 51.1 Å². The van der Waals surface area contributed by atoms with Crippen LogP contribution in [0.4, 0.5) is 15.6 Å². The lowest BCUT2D eigenvalue weighted by molar-refractivity contribution is -0.125. The molecule has 1 heterocycles. The fourth-order valence-electron chi connectivity index (χ4n) is 4.74. The topological polar surface area (TPSA) is 161 Å². The van der Waals surface area contributed by atoms with Gasteiger partial charge in [-0.1, -0.05) is 59.1 Å². The minimum absolute atomic E-state index is 0.00185. The summed E-state index contributed by atoms with van der Waals surface area (Å²) < 4.78 is 4.93. The van der Waals surface area contributed by atoms with E-state index in [0.717, 1.165) is 22.5 Å². The minimum atomic E-state index is -1.14. The number of aromatic nitrogens is 2. The van der Waals surface area contributed by atoms with E-state index in [0.29, 0.717) is 5.56 Å². The van der Waals surface area contributed by atoms with Gasteiger partial charge in [-0.3, -0.25) is 9.89 Å². The molecule has 0 bridgehead atoms. The van der Waals surface area contributed by atoms with Crippen molar-refractivity contribution in [2.45, 2.75) is 45.3 Å². The van der Waals surface area contributed by atoms with E-state index in [4.69, 9.17) is 28.4 Å². The van der Waals surface area contributed by atoms with Gasteiger partial charge in [-0.25, -0.2) is 4.79 Å². The van der Waals surface area contributed by atoms with E-state index in [9.17, 15) is 19.5 Å². The average molecular weight is 621 g/mol. The van der Waals surface area contributed by atoms with E-state index in [1.807, 2.05) is 30.3 Å². The summed E-state index contributed by atoms with van der Waals surface area (Å²) in [5.41, 5.74) is 13.8. The van der Waals surface area contributed by atoms with Gasteiger partial charge in [0.2, 0.25) is 0 Å². The van der Waals surface area contributed by atoms with Gasteiger partial charge in [0.15, 0.2) is 15.4 Å². The second-order valence-electron chi connectivity index (χ2n) is 11.0. The van der Waals surface area contributed by atoms with Crippen LogP contribution in [0.15, 0.2) is 72.8 Å². The van der Waals surface area contributed by atoms with Crippen molar-refractivity contribution in [2.24, 2.45) is 11.5 Å². The third-order valence-electron chi connectivity index (χ3n) is 6.66. The average Bonchev–Trinajstić information content (AvgIpc) is 3.40. The summed E-state index contributed by atoms with van der Waals surface area (Å²) in [6.07, 6.45) is -0.559. The Morgan fingerprint density at radius 3 is 2.28 bits per heavy atom. The van der Waals surface area contributed by atoms with Crippen molar-refractivity contribution < 1.29 is 24.2 Å². The summed E-state index contributed by atoms with van der Waals surface area (Å²) in [5.74, 6) is -1.01. The van der Waals surface area contributed by atoms with Gasteiger partial charge in [0.1, 0.15) is 17.9 Å². The van der Waals surface area contributed by atoms with Crippen LogP contribution in [-0.4, -0.2) is 51.3 Å². The van der Waals surface area contributed by atoms with Crippen molar-refractivity contribution in [3.8, 4) is 5.75 Å². The van der Waals surface area contributed by atoms with Gasteiger partial charge >= 0.3 is 17.1 Å². The van der Waals surface area contributed by atoms with Gasteiger partial charge in [0, 0.05) is 23.6 Å². The maximum absolute atomic E-state index is 14.2. The second-order valence-corrected chi connectivity index (χ2v) is 12.6. The molecule has 0 radical (unpaired) electrons. The first kappa shape index (κ1) is 31.9. The lowest BCUT2D eigenvalue weighted by Crippen LogP contribution is -2.59. The molecule has 1 aromatic heterocycles. The number of amides is 2. The highest BCUT2D eigenvalue weighted by atomic mass is 32.1. The molecule has 3 aromatic carbocycles. The molecule has 4 aromatic rings. The molecule has 2 amide bonds. The predicted molar refractivity (Wildman–Crippen MR) is 169 cm³/mol. The Labute approximate surface area is 258 Å². The number of imide groups is 1. The highest BCUT2D eigenvalue weighted by molar-refractivity contribution is 7.73. The van der Waals surface area contributed by atoms with E-state index < -0.39 is 40.5 Å². The smallest absolute Gasteiger partial charge is 0.508 e. The zero-order valence-electron chi connectivity index (χ0n) is 24.1. The van der Waals surface area contributed by atoms with Gasteiger partial charge in [0.25, 0.3) is 0 Å². The molecule has 0 spiro atoms. The summed E-state index contributed by atoms with van der Waals surface area (Å²) >= 11 is 6.23. The van der Waals surface area contributed by atoms with E-state index >= 15 is 0 Å². The molecule has 6 N–H and O–H groups in total. The zero-order valence-corrected chi connectivity index (χ0v) is 25.7. The normalized spacial score (nSPS) is 13.6. The number of nitrogens with two attached hydrogens (primary N) is 2. The van der Waals surface area contributed by atoms with E-state index in [-0.39, 0.29) is 38.9 Å². The fourth-order valence-corrected chi connectivity index (χ4v) is 5.77. The number of aromatic hydroxyl groups is 1. The molecule has 0 saturated carbocycles. The number of carbonyl (C=O) groups is 3. The highest BCUT2D eigenvalue weighted by Gasteiger charge is 2.56. The number of H-pyrrole nitrogens is 1. The van der Waals surface area contributed by atoms with Crippen LogP contribution in [-0.2, 0) is 22.4 Å². The van der Waals surface area contributed by atoms with Crippen molar-refractivity contribution >= 4 is 52.2 Å². The number of hydrogen-bond donors (Lipinski definition) is 4. The Balaban J connectivity index is 1.99. The molecule has 0 aliphatic carbocycles. The Bertz CT molecular complexity index is 1680. The number of carbonyl (C=O) groups excluding carboxylic acids is 3. The molecular formula is C31H34N5O5S2+. The molecule has 224 valence electrons. The lowest BCUT2D eigenvalue weighted by atomic mass is 9.90. The number of nitrogens with zero attached hydrogens (tertiary/aromatic N) is 2. The van der Waals surface area contributed by atoms with Gasteiger partial charge in [-0.15, -0.1) is 5.10 Å². The summed E-state index contributed by atoms with van der Waals surface area (Å²) in [6, 6.07) is 19.6. The fraction of sp³-hybridized carbons (Fsp3) is 0.258.